The first-order chi connectivity index (χ1) is 48.3. The van der Waals surface area contributed by atoms with Crippen molar-refractivity contribution in [3.8, 4) is 5.75 Å². The molecule has 2 fully saturated rings. The molecule has 0 radical (unpaired) electrons. The van der Waals surface area contributed by atoms with E-state index in [9.17, 15) is 87.8 Å². The van der Waals surface area contributed by atoms with E-state index < -0.39 is 199 Å². The van der Waals surface area contributed by atoms with Gasteiger partial charge in [-0.25, -0.2) is 10.2 Å². The van der Waals surface area contributed by atoms with Gasteiger partial charge in [0, 0.05) is 79.3 Å². The minimum atomic E-state index is -1.95. The molecule has 0 bridgehead atoms. The van der Waals surface area contributed by atoms with Crippen molar-refractivity contribution in [2.24, 2.45) is 22.7 Å². The van der Waals surface area contributed by atoms with Gasteiger partial charge in [0.2, 0.25) is 59.1 Å². The minimum Gasteiger partial charge on any atom is -0.508 e. The molecule has 7 rings (SSSR count). The number of aromatic nitrogens is 1. The summed E-state index contributed by atoms with van der Waals surface area (Å²) in [5, 5.41) is 71.8. The van der Waals surface area contributed by atoms with E-state index in [2.05, 4.69) is 76.0 Å². The fourth-order valence-electron chi connectivity index (χ4n) is 11.2. The fraction of sp³-hybridized carbons (Fsp3) is 0.431. The number of aromatic hydroxyl groups is 1. The second kappa shape index (κ2) is 35.6. The van der Waals surface area contributed by atoms with Crippen LogP contribution in [0.2, 0.25) is 0 Å². The molecule has 16 N–H and O–H groups in total. The summed E-state index contributed by atoms with van der Waals surface area (Å²) >= 11 is 4.55. The van der Waals surface area contributed by atoms with Crippen LogP contribution < -0.4 is 59.0 Å². The number of nitrogens with one attached hydrogen (secondary N) is 11. The van der Waals surface area contributed by atoms with Crippen LogP contribution in [0.3, 0.4) is 0 Å². The molecule has 102 heavy (non-hydrogen) atoms. The molecule has 14 amide bonds. The first-order valence-corrected chi connectivity index (χ1v) is 32.8. The number of benzene rings is 3. The molecule has 0 unspecified atom stereocenters. The van der Waals surface area contributed by atoms with Crippen molar-refractivity contribution in [3.05, 3.63) is 99.6 Å². The maximum absolute atomic E-state index is 15.0. The highest BCUT2D eigenvalue weighted by atomic mass is 32.1. The molecule has 4 aromatic rings. The van der Waals surface area contributed by atoms with Crippen molar-refractivity contribution in [1.82, 2.24) is 57.4 Å². The quantitative estimate of drug-likeness (QED) is 0.0112. The number of fused-ring (bicyclic) bond motifs is 2. The Morgan fingerprint density at radius 2 is 1.45 bits per heavy atom. The third-order valence-corrected chi connectivity index (χ3v) is 17.5. The van der Waals surface area contributed by atoms with Gasteiger partial charge in [-0.05, 0) is 80.1 Å². The number of H-pyrrole nitrogens is 1. The van der Waals surface area contributed by atoms with Gasteiger partial charge in [-0.2, -0.15) is 5.10 Å². The van der Waals surface area contributed by atoms with E-state index in [0.717, 1.165) is 21.9 Å². The number of ether oxygens (including phenoxy) is 1. The Hall–Kier alpha value is -11.3. The number of aromatic amines is 1. The van der Waals surface area contributed by atoms with Crippen LogP contribution in [-0.2, 0) is 68.7 Å². The maximum atomic E-state index is 15.0. The number of phenols is 1. The number of rotatable bonds is 22. The van der Waals surface area contributed by atoms with E-state index in [-0.39, 0.29) is 46.4 Å². The van der Waals surface area contributed by atoms with Crippen LogP contribution in [0, 0.1) is 22.0 Å². The summed E-state index contributed by atoms with van der Waals surface area (Å²) in [4.78, 5) is 204. The highest BCUT2D eigenvalue weighted by molar-refractivity contribution is 7.80. The summed E-state index contributed by atoms with van der Waals surface area (Å²) in [6.07, 6.45) is -2.13. The van der Waals surface area contributed by atoms with Gasteiger partial charge >= 0.3 is 6.09 Å². The summed E-state index contributed by atoms with van der Waals surface area (Å²) in [6, 6.07) is 3.52. The molecule has 3 aliphatic heterocycles. The number of amides is 14. The van der Waals surface area contributed by atoms with Crippen LogP contribution in [0.4, 0.5) is 21.9 Å². The van der Waals surface area contributed by atoms with Gasteiger partial charge in [0.25, 0.3) is 23.4 Å². The Morgan fingerprint density at radius 3 is 2.12 bits per heavy atom. The Bertz CT molecular complexity index is 3980. The fourth-order valence-corrected chi connectivity index (χ4v) is 11.5. The molecular formula is C65H80N16O20S. The molecule has 3 aromatic carbocycles. The van der Waals surface area contributed by atoms with Crippen molar-refractivity contribution in [2.75, 3.05) is 43.4 Å². The molecule has 0 saturated carbocycles. The number of unbranched alkanes of at least 4 members (excludes halogenated alkanes) is 2. The normalized spacial score (nSPS) is 21.6. The van der Waals surface area contributed by atoms with Crippen molar-refractivity contribution in [2.45, 2.75) is 139 Å². The number of hydrazone groups is 1. The van der Waals surface area contributed by atoms with Crippen molar-refractivity contribution in [1.29, 1.82) is 0 Å². The number of nitro benzene ring substituents is 1. The highest BCUT2D eigenvalue weighted by Crippen LogP contribution is 2.30. The lowest BCUT2D eigenvalue weighted by molar-refractivity contribution is -0.385. The van der Waals surface area contributed by atoms with Crippen molar-refractivity contribution < 1.29 is 92.1 Å². The molecule has 4 heterocycles. The number of nitrogens with zero attached hydrogens (tertiary/aromatic N) is 4. The number of anilines is 2. The average Bonchev–Trinajstić information content (AvgIpc) is 1.66. The van der Waals surface area contributed by atoms with Crippen molar-refractivity contribution >= 4 is 129 Å². The number of carbonyl (C=O) groups is 14. The minimum absolute atomic E-state index is 0.0294. The predicted octanol–water partition coefficient (Wildman–Crippen LogP) is -0.990. The largest absolute Gasteiger partial charge is 0.508 e. The predicted molar refractivity (Wildman–Crippen MR) is 364 cm³/mol. The second-order valence-corrected chi connectivity index (χ2v) is 25.0. The molecule has 10 atom stereocenters. The number of carbonyl (C=O) groups excluding carboxylic acids is 14. The molecule has 36 nitrogen and oxygen atoms in total. The van der Waals surface area contributed by atoms with Crippen LogP contribution in [0.1, 0.15) is 101 Å². The molecule has 2 saturated heterocycles. The number of thiol groups is 1. The summed E-state index contributed by atoms with van der Waals surface area (Å²) in [5.41, 5.74) is 8.12. The van der Waals surface area contributed by atoms with Crippen LogP contribution in [-0.4, -0.2) is 205 Å². The zero-order valence-electron chi connectivity index (χ0n) is 56.0. The number of hydrogen-bond acceptors (Lipinski definition) is 22. The Morgan fingerprint density at radius 1 is 0.794 bits per heavy atom. The van der Waals surface area contributed by atoms with Crippen molar-refractivity contribution in [3.63, 3.8) is 0 Å². The van der Waals surface area contributed by atoms with Crippen LogP contribution in [0.15, 0.2) is 82.9 Å². The Balaban J connectivity index is 1.07. The third-order valence-electron chi connectivity index (χ3n) is 17.1. The van der Waals surface area contributed by atoms with Gasteiger partial charge in [-0.15, -0.1) is 12.6 Å². The van der Waals surface area contributed by atoms with E-state index in [1.165, 1.54) is 81.5 Å². The zero-order chi connectivity index (χ0) is 74.8. The van der Waals surface area contributed by atoms with Crippen LogP contribution in [0.25, 0.3) is 10.9 Å². The van der Waals surface area contributed by atoms with E-state index in [1.807, 2.05) is 0 Å². The topological polar surface area (TPSA) is 533 Å². The number of phenolic OH excluding ortho intramolecular Hbond substituents is 1. The van der Waals surface area contributed by atoms with Gasteiger partial charge < -0.3 is 78.2 Å². The van der Waals surface area contributed by atoms with Crippen LogP contribution in [0.5, 0.6) is 5.75 Å². The molecule has 546 valence electrons. The number of nitro groups is 1. The SMILES string of the molecule is CC[C@@H](C)[C@@H]1NC(=O)CNC(=O)[C@H](Cc2c(S)[nH]c3cc(O)ccc23)NC(=O)[C@H]([C@H](C)[C@H](O)COC(=O)Nc2ccc(/C(C)=N/NC(=O)c3ccc(NC(=O)CCCCCN4C(=O)C=CC4=O)cc3[N+](=O)[O-])cc2)NC(=O)[C@@H]2C[C@@H](O)CN2C(=O)[C@H](CC(N)=O)NC(=O)[C@@H](C)NC(=O)CNC1=O. The number of aliphatic hydroxyl groups excluding tert-OH is 2. The highest BCUT2D eigenvalue weighted by Gasteiger charge is 2.45. The first-order valence-electron chi connectivity index (χ1n) is 32.4. The van der Waals surface area contributed by atoms with Gasteiger partial charge in [-0.3, -0.25) is 82.7 Å². The average molecular weight is 1440 g/mol. The van der Waals surface area contributed by atoms with E-state index in [4.69, 9.17) is 10.5 Å². The monoisotopic (exact) mass is 1440 g/mol. The Labute approximate surface area is 587 Å². The van der Waals surface area contributed by atoms with Gasteiger partial charge in [0.15, 0.2) is 0 Å². The maximum Gasteiger partial charge on any atom is 0.411 e. The second-order valence-electron chi connectivity index (χ2n) is 24.6. The molecule has 1 aromatic heterocycles. The van der Waals surface area contributed by atoms with E-state index in [0.29, 0.717) is 47.7 Å². The third kappa shape index (κ3) is 21.1. The Kier molecular flexibility index (Phi) is 27.2. The number of aliphatic hydroxyl groups is 2. The standard InChI is InChI=1S/C65H80N16O20S/c1-6-31(2)55-61(95)68-27-51(87)69-34(5)57(91)73-45(26-49(66)85)64(97)80-29-39(83)24-47(80)60(94)76-56(62(96)72-44(59(93)67-28-52(88)75-55)25-42-40-18-16-38(82)23-43(40)74-63(42)102)32(3)48(84)30-101-65(98)71-36-13-11-35(12-14-36)33(4)77-78-58(92)41-17-15-37(22-46(41)81(99)100)70-50(86)10-8-7-9-21-79-53(89)19-20-54(79)90/h11-20,22-23,31-32,34,39,44-45,47-48,55-56,74,82-84,102H,6-10,21,24-30H2,1-5H3,(H2,66,85)(H,67,93)(H,68,95)(H,69,87)(H,70,86)(H,71,98)(H,72,96)(H,73,91)(H,75,88)(H,76,94)(H,78,92)/b77-33+/t31-,32-,34-,39-,44+,45+,47+,48-,55+,56+/m1/s1. The summed E-state index contributed by atoms with van der Waals surface area (Å²) < 4.78 is 5.37. The lowest BCUT2D eigenvalue weighted by Crippen LogP contribution is -2.61. The number of primary amides is 1. The summed E-state index contributed by atoms with van der Waals surface area (Å²) in [7, 11) is 0. The first kappa shape index (κ1) is 78.0. The summed E-state index contributed by atoms with van der Waals surface area (Å²) in [5.74, 6) is -13.7. The zero-order valence-corrected chi connectivity index (χ0v) is 56.9. The molecular weight excluding hydrogens is 1360 g/mol. The van der Waals surface area contributed by atoms with Gasteiger partial charge in [0.1, 0.15) is 54.2 Å². The van der Waals surface area contributed by atoms with Crippen LogP contribution >= 0.6 is 12.6 Å². The number of hydrogen-bond donors (Lipinski definition) is 16. The lowest BCUT2D eigenvalue weighted by atomic mass is 9.93. The molecule has 0 aliphatic carbocycles. The van der Waals surface area contributed by atoms with Gasteiger partial charge in [-0.1, -0.05) is 45.7 Å². The van der Waals surface area contributed by atoms with E-state index >= 15 is 4.79 Å². The molecule has 0 spiro atoms. The summed E-state index contributed by atoms with van der Waals surface area (Å²) in [6.45, 7) is 4.53. The molecule has 37 heteroatoms. The lowest BCUT2D eigenvalue weighted by Gasteiger charge is -2.32. The number of nitrogens with two attached hydrogens (primary N) is 1. The van der Waals surface area contributed by atoms with Gasteiger partial charge in [0.05, 0.1) is 52.9 Å². The molecule has 3 aliphatic rings. The number of imide groups is 1. The van der Waals surface area contributed by atoms with E-state index in [1.54, 1.807) is 13.8 Å². The smallest absolute Gasteiger partial charge is 0.411 e.